The average molecular weight is 935 g/mol. The number of aliphatic hydroxyl groups excluding tert-OH is 1. The van der Waals surface area contributed by atoms with E-state index >= 15 is 4.39 Å². The molecule has 2 aromatic carbocycles. The number of piperidine rings is 2. The smallest absolute Gasteiger partial charge is 0.271 e. The lowest BCUT2D eigenvalue weighted by Gasteiger charge is -2.39. The van der Waals surface area contributed by atoms with Gasteiger partial charge in [0.1, 0.15) is 33.4 Å². The number of nitrogens with one attached hydrogen (secondary N) is 3. The second kappa shape index (κ2) is 21.7. The van der Waals surface area contributed by atoms with Gasteiger partial charge in [-0.25, -0.2) is 18.3 Å². The molecule has 2 aliphatic carbocycles. The molecule has 0 bridgehead atoms. The van der Waals surface area contributed by atoms with E-state index in [-0.39, 0.29) is 42.1 Å². The number of hydrogen-bond donors (Lipinski definition) is 4. The van der Waals surface area contributed by atoms with E-state index in [1.807, 2.05) is 44.1 Å². The highest BCUT2D eigenvalue weighted by molar-refractivity contribution is 7.83. The molecule has 2 saturated carbocycles. The van der Waals surface area contributed by atoms with Gasteiger partial charge in [0, 0.05) is 56.9 Å². The zero-order valence-corrected chi connectivity index (χ0v) is 39.1. The maximum Gasteiger partial charge on any atom is 0.271 e. The van der Waals surface area contributed by atoms with Gasteiger partial charge in [-0.1, -0.05) is 49.8 Å². The minimum absolute atomic E-state index is 0.0825. The summed E-state index contributed by atoms with van der Waals surface area (Å²) in [6.07, 6.45) is 13.4. The lowest BCUT2D eigenvalue weighted by atomic mass is 9.84. The third-order valence-electron chi connectivity index (χ3n) is 13.2. The van der Waals surface area contributed by atoms with E-state index in [0.29, 0.717) is 60.3 Å². The zero-order valence-electron chi connectivity index (χ0n) is 37.5. The number of alkyl halides is 1. The van der Waals surface area contributed by atoms with Crippen LogP contribution in [-0.2, 0) is 25.4 Å². The fourth-order valence-electron chi connectivity index (χ4n) is 9.67. The van der Waals surface area contributed by atoms with Gasteiger partial charge < -0.3 is 25.1 Å². The molecule has 4 aromatic rings. The van der Waals surface area contributed by atoms with Crippen molar-refractivity contribution in [3.8, 4) is 0 Å². The minimum Gasteiger partial charge on any atom is -0.395 e. The normalized spacial score (nSPS) is 19.9. The molecule has 4 N–H and O–H groups in total. The van der Waals surface area contributed by atoms with Crippen LogP contribution in [0.2, 0.25) is 5.02 Å². The Bertz CT molecular complexity index is 2440. The average Bonchev–Trinajstić information content (AvgIpc) is 3.83. The van der Waals surface area contributed by atoms with Crippen LogP contribution in [0, 0.1) is 6.92 Å². The van der Waals surface area contributed by atoms with E-state index in [1.165, 1.54) is 10.5 Å². The Morgan fingerprint density at radius 3 is 2.38 bits per heavy atom. The van der Waals surface area contributed by atoms with Crippen LogP contribution in [0.25, 0.3) is 11.0 Å². The van der Waals surface area contributed by atoms with Crippen molar-refractivity contribution in [2.75, 3.05) is 62.0 Å². The maximum atomic E-state index is 15.1. The molecule has 2 aromatic heterocycles. The van der Waals surface area contributed by atoms with E-state index in [2.05, 4.69) is 36.3 Å². The number of aryl methyl sites for hydroxylation is 1. The number of imide groups is 1. The molecule has 8 rings (SSSR count). The number of fused-ring (bicyclic) bond motifs is 1. The van der Waals surface area contributed by atoms with Gasteiger partial charge in [0.15, 0.2) is 0 Å². The summed E-state index contributed by atoms with van der Waals surface area (Å²) in [5.41, 5.74) is 3.70. The van der Waals surface area contributed by atoms with Gasteiger partial charge in [-0.3, -0.25) is 29.1 Å². The van der Waals surface area contributed by atoms with Crippen LogP contribution in [0.1, 0.15) is 107 Å². The lowest BCUT2D eigenvalue weighted by Crippen LogP contribution is -2.52. The van der Waals surface area contributed by atoms with Gasteiger partial charge in [-0.05, 0) is 118 Å². The number of rotatable bonds is 14. The van der Waals surface area contributed by atoms with Gasteiger partial charge in [0.05, 0.1) is 22.9 Å². The summed E-state index contributed by atoms with van der Waals surface area (Å²) >= 11 is 6.19. The first-order chi connectivity index (χ1) is 31.3. The molecule has 2 atom stereocenters. The minimum atomic E-state index is -1.40. The van der Waals surface area contributed by atoms with E-state index < -0.39 is 28.6 Å². The predicted molar refractivity (Wildman–Crippen MR) is 253 cm³/mol. The Kier molecular flexibility index (Phi) is 16.0. The standard InChI is InChI=1S/C26H37FN4O3.C21H24ClN5O3S/c1-29(2)23-16-20(6-7-21(23)31(18-32)22-8-9-24(33)28-25(22)34)19-10-14-30(15-11-19)17-26(27)12-4-3-5-13-26;1-13-10-16(31(30)24-8-9-28)6-7-18(13)25-21-23-12-14-11-17(22)20(29)27(19(14)26-21)15-4-2-3-5-15/h6-7,16,18-19,22H,3-5,8-15,17H2,1-2H3,(H,28,33,34);6-7,10-12,15,24,28H,2-5,8-9H2,1H3,(H,23,25,26). The Morgan fingerprint density at radius 1 is 0.985 bits per heavy atom. The molecule has 18 heteroatoms. The Hall–Kier alpha value is -4.81. The molecule has 2 aliphatic heterocycles. The summed E-state index contributed by atoms with van der Waals surface area (Å²) in [6.45, 7) is 4.41. The Labute approximate surface area is 387 Å². The van der Waals surface area contributed by atoms with Crippen molar-refractivity contribution in [3.05, 3.63) is 75.2 Å². The summed E-state index contributed by atoms with van der Waals surface area (Å²) in [4.78, 5) is 64.0. The van der Waals surface area contributed by atoms with Gasteiger partial charge in [-0.2, -0.15) is 4.98 Å². The van der Waals surface area contributed by atoms with Crippen molar-refractivity contribution < 1.29 is 28.1 Å². The lowest BCUT2D eigenvalue weighted by molar-refractivity contribution is -0.134. The highest BCUT2D eigenvalue weighted by atomic mass is 35.5. The monoisotopic (exact) mass is 933 g/mol. The molecule has 0 radical (unpaired) electrons. The van der Waals surface area contributed by atoms with Gasteiger partial charge in [0.25, 0.3) is 5.56 Å². The summed E-state index contributed by atoms with van der Waals surface area (Å²) in [7, 11) is 2.44. The van der Waals surface area contributed by atoms with Crippen LogP contribution in [0.4, 0.5) is 27.4 Å². The number of benzene rings is 2. The number of aromatic nitrogens is 3. The second-order valence-corrected chi connectivity index (χ2v) is 19.7. The molecular formula is C47H61ClFN9O6S. The highest BCUT2D eigenvalue weighted by Gasteiger charge is 2.36. The van der Waals surface area contributed by atoms with Gasteiger partial charge >= 0.3 is 0 Å². The van der Waals surface area contributed by atoms with Gasteiger partial charge in [-0.15, -0.1) is 0 Å². The topological polar surface area (TPSA) is 182 Å². The number of carbonyl (C=O) groups is 3. The molecule has 4 fully saturated rings. The van der Waals surface area contributed by atoms with Crippen molar-refractivity contribution in [1.29, 1.82) is 0 Å². The molecular weight excluding hydrogens is 873 g/mol. The highest BCUT2D eigenvalue weighted by Crippen LogP contribution is 2.39. The number of anilines is 4. The first-order valence-electron chi connectivity index (χ1n) is 22.8. The number of pyridine rings is 1. The van der Waals surface area contributed by atoms with Crippen molar-refractivity contribution in [3.63, 3.8) is 0 Å². The van der Waals surface area contributed by atoms with Crippen LogP contribution in [0.3, 0.4) is 0 Å². The fraction of sp³-hybridized carbons (Fsp3) is 0.532. The number of hydrogen-bond acceptors (Lipinski definition) is 11. The summed E-state index contributed by atoms with van der Waals surface area (Å²) in [6, 6.07) is 12.4. The van der Waals surface area contributed by atoms with Crippen molar-refractivity contribution in [2.45, 2.75) is 119 Å². The Balaban J connectivity index is 0.000000195. The second-order valence-electron chi connectivity index (χ2n) is 18.0. The maximum absolute atomic E-state index is 15.1. The number of likely N-dealkylation sites (tertiary alicyclic amines) is 1. The van der Waals surface area contributed by atoms with E-state index in [4.69, 9.17) is 16.7 Å². The fourth-order valence-corrected chi connectivity index (χ4v) is 10.8. The molecule has 4 heterocycles. The molecule has 2 saturated heterocycles. The van der Waals surface area contributed by atoms with Crippen LogP contribution < -0.4 is 30.7 Å². The molecule has 3 amide bonds. The quantitative estimate of drug-likeness (QED) is 0.0792. The van der Waals surface area contributed by atoms with E-state index in [9.17, 15) is 23.4 Å². The number of amides is 3. The Morgan fingerprint density at radius 2 is 1.72 bits per heavy atom. The molecule has 4 aliphatic rings. The first kappa shape index (κ1) is 48.1. The largest absolute Gasteiger partial charge is 0.395 e. The van der Waals surface area contributed by atoms with Crippen molar-refractivity contribution in [1.82, 2.24) is 29.5 Å². The van der Waals surface area contributed by atoms with Crippen LogP contribution in [0.5, 0.6) is 0 Å². The van der Waals surface area contributed by atoms with Crippen LogP contribution in [0.15, 0.2) is 58.4 Å². The third kappa shape index (κ3) is 11.6. The van der Waals surface area contributed by atoms with Crippen molar-refractivity contribution >= 4 is 74.9 Å². The summed E-state index contributed by atoms with van der Waals surface area (Å²) in [5, 5.41) is 15.3. The molecule has 15 nitrogen and oxygen atoms in total. The van der Waals surface area contributed by atoms with E-state index in [1.54, 1.807) is 29.0 Å². The number of nitrogens with zero attached hydrogens (tertiary/aromatic N) is 6. The zero-order chi connectivity index (χ0) is 46.3. The first-order valence-corrected chi connectivity index (χ1v) is 24.3. The van der Waals surface area contributed by atoms with Crippen LogP contribution in [-0.4, -0.2) is 106 Å². The SMILES string of the molecule is CN(C)c1cc(C2CCN(CC3(F)CCCCC3)CC2)ccc1N(C=O)C1CCC(=O)NC1=O.Cc1cc(S(=O)NCCO)ccc1Nc1ncc2cc(Cl)c(=O)n(C3CCCC3)c2n1. The molecule has 2 unspecified atom stereocenters. The third-order valence-corrected chi connectivity index (χ3v) is 14.6. The van der Waals surface area contributed by atoms with Crippen LogP contribution >= 0.6 is 11.6 Å². The van der Waals surface area contributed by atoms with Crippen molar-refractivity contribution in [2.24, 2.45) is 0 Å². The number of carbonyl (C=O) groups excluding carboxylic acids is 3. The molecule has 0 spiro atoms. The summed E-state index contributed by atoms with van der Waals surface area (Å²) < 4.78 is 31.8. The number of aliphatic hydroxyl groups is 1. The van der Waals surface area contributed by atoms with Gasteiger partial charge in [0.2, 0.25) is 24.2 Å². The predicted octanol–water partition coefficient (Wildman–Crippen LogP) is 6.59. The number of halogens is 2. The van der Waals surface area contributed by atoms with E-state index in [0.717, 1.165) is 93.2 Å². The molecule has 65 heavy (non-hydrogen) atoms. The molecule has 350 valence electrons. The summed E-state index contributed by atoms with van der Waals surface area (Å²) in [5.74, 6) is 0.0134.